The maximum absolute atomic E-state index is 11.7. The van der Waals surface area contributed by atoms with Crippen molar-refractivity contribution in [1.29, 1.82) is 0 Å². The maximum Gasteiger partial charge on any atom is 0.317 e. The summed E-state index contributed by atoms with van der Waals surface area (Å²) >= 11 is 0. The molecule has 0 aromatic rings. The third-order valence-corrected chi connectivity index (χ3v) is 3.57. The molecule has 0 spiro atoms. The predicted molar refractivity (Wildman–Crippen MR) is 68.9 cm³/mol. The van der Waals surface area contributed by atoms with Crippen molar-refractivity contribution >= 4 is 6.03 Å². The number of nitrogens with zero attached hydrogens (tertiary/aromatic N) is 1. The van der Waals surface area contributed by atoms with Gasteiger partial charge in [-0.2, -0.15) is 0 Å². The highest BCUT2D eigenvalue weighted by Gasteiger charge is 2.25. The standard InChI is InChI=1S/C13H23N3O/c1-2-7-14-13(17)16-8-5-12(6-9-16)15-10-11-3-4-11/h2,11-12,15H,1,3-10H2,(H,14,17). The molecular formula is C13H23N3O. The number of hydrogen-bond donors (Lipinski definition) is 2. The van der Waals surface area contributed by atoms with Crippen LogP contribution in [0, 0.1) is 5.92 Å². The molecule has 2 aliphatic rings. The third-order valence-electron chi connectivity index (χ3n) is 3.57. The van der Waals surface area contributed by atoms with E-state index in [4.69, 9.17) is 0 Å². The Labute approximate surface area is 103 Å². The Bertz CT molecular complexity index is 268. The first-order valence-corrected chi connectivity index (χ1v) is 6.66. The molecule has 4 heteroatoms. The second-order valence-corrected chi connectivity index (χ2v) is 5.09. The zero-order chi connectivity index (χ0) is 12.1. The lowest BCUT2D eigenvalue weighted by Gasteiger charge is -2.32. The first-order valence-electron chi connectivity index (χ1n) is 6.66. The highest BCUT2D eigenvalue weighted by atomic mass is 16.2. The van der Waals surface area contributed by atoms with Gasteiger partial charge < -0.3 is 15.5 Å². The molecule has 0 bridgehead atoms. The summed E-state index contributed by atoms with van der Waals surface area (Å²) in [5, 5.41) is 6.44. The van der Waals surface area contributed by atoms with Gasteiger partial charge in [-0.3, -0.25) is 0 Å². The van der Waals surface area contributed by atoms with Crippen LogP contribution in [0.3, 0.4) is 0 Å². The van der Waals surface area contributed by atoms with Gasteiger partial charge in [0.25, 0.3) is 0 Å². The molecule has 0 unspecified atom stereocenters. The van der Waals surface area contributed by atoms with E-state index in [2.05, 4.69) is 17.2 Å². The number of rotatable bonds is 5. The van der Waals surface area contributed by atoms with E-state index >= 15 is 0 Å². The number of likely N-dealkylation sites (tertiary alicyclic amines) is 1. The first-order chi connectivity index (χ1) is 8.29. The maximum atomic E-state index is 11.7. The zero-order valence-electron chi connectivity index (χ0n) is 10.5. The predicted octanol–water partition coefficient (Wildman–Crippen LogP) is 1.35. The fraction of sp³-hybridized carbons (Fsp3) is 0.769. The van der Waals surface area contributed by atoms with Gasteiger partial charge in [0, 0.05) is 25.7 Å². The lowest BCUT2D eigenvalue weighted by Crippen LogP contribution is -2.48. The SMILES string of the molecule is C=CCNC(=O)N1CCC(NCC2CC2)CC1. The summed E-state index contributed by atoms with van der Waals surface area (Å²) in [5.74, 6) is 0.934. The molecule has 0 atom stereocenters. The van der Waals surface area contributed by atoms with Crippen LogP contribution in [-0.2, 0) is 0 Å². The van der Waals surface area contributed by atoms with Crippen molar-refractivity contribution in [2.24, 2.45) is 5.92 Å². The third kappa shape index (κ3) is 4.04. The Kier molecular flexibility index (Phi) is 4.42. The van der Waals surface area contributed by atoms with Crippen LogP contribution in [0.15, 0.2) is 12.7 Å². The number of urea groups is 1. The molecule has 1 heterocycles. The Morgan fingerprint density at radius 2 is 2.00 bits per heavy atom. The summed E-state index contributed by atoms with van der Waals surface area (Å²) in [6, 6.07) is 0.657. The van der Waals surface area contributed by atoms with Crippen LogP contribution in [0.2, 0.25) is 0 Å². The molecule has 0 radical (unpaired) electrons. The molecule has 1 saturated carbocycles. The second-order valence-electron chi connectivity index (χ2n) is 5.09. The summed E-state index contributed by atoms with van der Waals surface area (Å²) < 4.78 is 0. The fourth-order valence-electron chi connectivity index (χ4n) is 2.21. The van der Waals surface area contributed by atoms with Crippen LogP contribution < -0.4 is 10.6 Å². The number of amides is 2. The van der Waals surface area contributed by atoms with Crippen molar-refractivity contribution in [2.75, 3.05) is 26.2 Å². The lowest BCUT2D eigenvalue weighted by molar-refractivity contribution is 0.177. The van der Waals surface area contributed by atoms with Gasteiger partial charge in [-0.25, -0.2) is 4.79 Å². The topological polar surface area (TPSA) is 44.4 Å². The molecule has 1 aliphatic heterocycles. The molecule has 2 N–H and O–H groups in total. The fourth-order valence-corrected chi connectivity index (χ4v) is 2.21. The first kappa shape index (κ1) is 12.4. The van der Waals surface area contributed by atoms with Gasteiger partial charge >= 0.3 is 6.03 Å². The number of nitrogens with one attached hydrogen (secondary N) is 2. The van der Waals surface area contributed by atoms with Crippen molar-refractivity contribution in [2.45, 2.75) is 31.7 Å². The summed E-state index contributed by atoms with van der Waals surface area (Å²) in [4.78, 5) is 13.6. The minimum atomic E-state index is 0.0468. The highest BCUT2D eigenvalue weighted by molar-refractivity contribution is 5.74. The van der Waals surface area contributed by atoms with E-state index in [0.29, 0.717) is 12.6 Å². The van der Waals surface area contributed by atoms with E-state index in [1.165, 1.54) is 19.4 Å². The van der Waals surface area contributed by atoms with E-state index in [0.717, 1.165) is 31.8 Å². The van der Waals surface area contributed by atoms with Crippen molar-refractivity contribution in [3.63, 3.8) is 0 Å². The van der Waals surface area contributed by atoms with E-state index < -0.39 is 0 Å². The Morgan fingerprint density at radius 1 is 1.29 bits per heavy atom. The van der Waals surface area contributed by atoms with Gasteiger partial charge in [-0.05, 0) is 38.1 Å². The normalized spacial score (nSPS) is 21.3. The largest absolute Gasteiger partial charge is 0.335 e. The van der Waals surface area contributed by atoms with Gasteiger partial charge in [0.2, 0.25) is 0 Å². The van der Waals surface area contributed by atoms with Crippen LogP contribution in [0.5, 0.6) is 0 Å². The summed E-state index contributed by atoms with van der Waals surface area (Å²) in [6.45, 7) is 7.05. The monoisotopic (exact) mass is 237 g/mol. The highest BCUT2D eigenvalue weighted by Crippen LogP contribution is 2.28. The van der Waals surface area contributed by atoms with Crippen LogP contribution in [0.4, 0.5) is 4.79 Å². The quantitative estimate of drug-likeness (QED) is 0.709. The van der Waals surface area contributed by atoms with Crippen LogP contribution in [0.1, 0.15) is 25.7 Å². The number of carbonyl (C=O) groups is 1. The Hall–Kier alpha value is -1.03. The number of hydrogen-bond acceptors (Lipinski definition) is 2. The molecular weight excluding hydrogens is 214 g/mol. The van der Waals surface area contributed by atoms with Crippen LogP contribution in [-0.4, -0.2) is 43.2 Å². The van der Waals surface area contributed by atoms with Crippen molar-refractivity contribution in [1.82, 2.24) is 15.5 Å². The van der Waals surface area contributed by atoms with E-state index in [1.54, 1.807) is 6.08 Å². The number of carbonyl (C=O) groups excluding carboxylic acids is 1. The molecule has 2 amide bonds. The molecule has 96 valence electrons. The molecule has 0 aromatic carbocycles. The summed E-state index contributed by atoms with van der Waals surface area (Å²) in [6.07, 6.45) is 6.66. The van der Waals surface area contributed by atoms with E-state index in [-0.39, 0.29) is 6.03 Å². The van der Waals surface area contributed by atoms with Gasteiger partial charge in [0.1, 0.15) is 0 Å². The van der Waals surface area contributed by atoms with Gasteiger partial charge in [0.05, 0.1) is 0 Å². The minimum Gasteiger partial charge on any atom is -0.335 e. The molecule has 2 rings (SSSR count). The van der Waals surface area contributed by atoms with E-state index in [9.17, 15) is 4.79 Å². The smallest absolute Gasteiger partial charge is 0.317 e. The van der Waals surface area contributed by atoms with Crippen molar-refractivity contribution < 1.29 is 4.79 Å². The number of piperidine rings is 1. The molecule has 17 heavy (non-hydrogen) atoms. The summed E-state index contributed by atoms with van der Waals surface area (Å²) in [5.41, 5.74) is 0. The Balaban J connectivity index is 1.62. The molecule has 0 aromatic heterocycles. The zero-order valence-corrected chi connectivity index (χ0v) is 10.5. The van der Waals surface area contributed by atoms with Crippen LogP contribution >= 0.6 is 0 Å². The van der Waals surface area contributed by atoms with Crippen LogP contribution in [0.25, 0.3) is 0 Å². The minimum absolute atomic E-state index is 0.0468. The van der Waals surface area contributed by atoms with Gasteiger partial charge in [-0.15, -0.1) is 6.58 Å². The van der Waals surface area contributed by atoms with E-state index in [1.807, 2.05) is 4.90 Å². The molecule has 1 saturated heterocycles. The van der Waals surface area contributed by atoms with Crippen molar-refractivity contribution in [3.05, 3.63) is 12.7 Å². The lowest BCUT2D eigenvalue weighted by atomic mass is 10.1. The Morgan fingerprint density at radius 3 is 2.59 bits per heavy atom. The second kappa shape index (κ2) is 6.05. The van der Waals surface area contributed by atoms with Gasteiger partial charge in [0.15, 0.2) is 0 Å². The van der Waals surface area contributed by atoms with Gasteiger partial charge in [-0.1, -0.05) is 6.08 Å². The van der Waals surface area contributed by atoms with Crippen molar-refractivity contribution in [3.8, 4) is 0 Å². The molecule has 1 aliphatic carbocycles. The average molecular weight is 237 g/mol. The molecule has 2 fully saturated rings. The molecule has 4 nitrogen and oxygen atoms in total. The average Bonchev–Trinajstić information content (AvgIpc) is 3.18. The summed E-state index contributed by atoms with van der Waals surface area (Å²) in [7, 11) is 0.